The zero-order valence-corrected chi connectivity index (χ0v) is 11.0. The molecule has 0 unspecified atom stereocenters. The van der Waals surface area contributed by atoms with Crippen LogP contribution in [0.15, 0.2) is 22.7 Å². The van der Waals surface area contributed by atoms with Gasteiger partial charge in [-0.25, -0.2) is 0 Å². The second-order valence-electron chi connectivity index (χ2n) is 3.83. The van der Waals surface area contributed by atoms with E-state index in [0.717, 1.165) is 6.07 Å². The lowest BCUT2D eigenvalue weighted by Gasteiger charge is -2.19. The molecule has 0 aromatic heterocycles. The molecule has 2 N–H and O–H groups in total. The van der Waals surface area contributed by atoms with Gasteiger partial charge in [0.25, 0.3) is 0 Å². The third-order valence-electron chi connectivity index (χ3n) is 2.33. The minimum absolute atomic E-state index is 0.235. The van der Waals surface area contributed by atoms with Crippen LogP contribution < -0.4 is 5.73 Å². The summed E-state index contributed by atoms with van der Waals surface area (Å²) in [5.41, 5.74) is 5.02. The number of nitrogens with two attached hydrogens (primary N) is 1. The Morgan fingerprint density at radius 3 is 2.53 bits per heavy atom. The van der Waals surface area contributed by atoms with Crippen LogP contribution in [0.2, 0.25) is 0 Å². The fourth-order valence-corrected chi connectivity index (χ4v) is 1.90. The molecule has 0 aliphatic carbocycles. The summed E-state index contributed by atoms with van der Waals surface area (Å²) in [6, 6.07) is 4.20. The van der Waals surface area contributed by atoms with E-state index in [2.05, 4.69) is 15.9 Å². The van der Waals surface area contributed by atoms with Crippen molar-refractivity contribution in [2.24, 2.45) is 5.73 Å². The second kappa shape index (κ2) is 5.84. The molecule has 0 bridgehead atoms. The topological polar surface area (TPSA) is 29.3 Å². The van der Waals surface area contributed by atoms with Crippen LogP contribution in [0.25, 0.3) is 0 Å². The van der Waals surface area contributed by atoms with Gasteiger partial charge in [-0.15, -0.1) is 0 Å². The van der Waals surface area contributed by atoms with Gasteiger partial charge in [0, 0.05) is 24.1 Å². The SMILES string of the molecule is CN(CCN)Cc1ccc(Br)cc1C(F)(F)F. The van der Waals surface area contributed by atoms with E-state index in [1.165, 1.54) is 6.07 Å². The van der Waals surface area contributed by atoms with E-state index in [9.17, 15) is 13.2 Å². The summed E-state index contributed by atoms with van der Waals surface area (Å²) >= 11 is 3.05. The molecule has 17 heavy (non-hydrogen) atoms. The first kappa shape index (κ1) is 14.5. The summed E-state index contributed by atoms with van der Waals surface area (Å²) in [5.74, 6) is 0. The molecule has 0 atom stereocenters. The number of likely N-dealkylation sites (N-methyl/N-ethyl adjacent to an activating group) is 1. The van der Waals surface area contributed by atoms with Gasteiger partial charge >= 0.3 is 6.18 Å². The van der Waals surface area contributed by atoms with Gasteiger partial charge in [-0.3, -0.25) is 0 Å². The molecule has 0 radical (unpaired) electrons. The fraction of sp³-hybridized carbons (Fsp3) is 0.455. The highest BCUT2D eigenvalue weighted by molar-refractivity contribution is 9.10. The Morgan fingerprint density at radius 2 is 2.00 bits per heavy atom. The van der Waals surface area contributed by atoms with Gasteiger partial charge < -0.3 is 10.6 Å². The van der Waals surface area contributed by atoms with Crippen LogP contribution in [-0.4, -0.2) is 25.0 Å². The number of nitrogens with zero attached hydrogens (tertiary/aromatic N) is 1. The summed E-state index contributed by atoms with van der Waals surface area (Å²) in [7, 11) is 1.75. The monoisotopic (exact) mass is 310 g/mol. The average Bonchev–Trinajstić information content (AvgIpc) is 2.19. The summed E-state index contributed by atoms with van der Waals surface area (Å²) in [6.45, 7) is 1.22. The van der Waals surface area contributed by atoms with Crippen molar-refractivity contribution in [3.8, 4) is 0 Å². The third kappa shape index (κ3) is 4.29. The standard InChI is InChI=1S/C11H14BrF3N2/c1-17(5-4-16)7-8-2-3-9(12)6-10(8)11(13,14)15/h2-3,6H,4-5,7,16H2,1H3. The molecule has 1 aromatic carbocycles. The third-order valence-corrected chi connectivity index (χ3v) is 2.82. The molecule has 96 valence electrons. The van der Waals surface area contributed by atoms with E-state index in [4.69, 9.17) is 5.73 Å². The molecular formula is C11H14BrF3N2. The maximum Gasteiger partial charge on any atom is 0.416 e. The second-order valence-corrected chi connectivity index (χ2v) is 4.74. The summed E-state index contributed by atoms with van der Waals surface area (Å²) in [6.07, 6.45) is -4.33. The molecule has 0 heterocycles. The maximum atomic E-state index is 12.8. The highest BCUT2D eigenvalue weighted by Gasteiger charge is 2.33. The summed E-state index contributed by atoms with van der Waals surface area (Å²) < 4.78 is 38.8. The average molecular weight is 311 g/mol. The Morgan fingerprint density at radius 1 is 1.35 bits per heavy atom. The van der Waals surface area contributed by atoms with Gasteiger partial charge in [-0.1, -0.05) is 22.0 Å². The summed E-state index contributed by atoms with van der Waals surface area (Å²) in [5, 5.41) is 0. The number of alkyl halides is 3. The van der Waals surface area contributed by atoms with Gasteiger partial charge in [0.2, 0.25) is 0 Å². The first-order valence-corrected chi connectivity index (χ1v) is 5.88. The smallest absolute Gasteiger partial charge is 0.329 e. The molecule has 2 nitrogen and oxygen atoms in total. The van der Waals surface area contributed by atoms with Crippen LogP contribution in [0.1, 0.15) is 11.1 Å². The predicted molar refractivity (Wildman–Crippen MR) is 64.5 cm³/mol. The molecule has 6 heteroatoms. The Kier molecular flexibility index (Phi) is 4.97. The molecule has 0 aliphatic rings. The molecule has 0 saturated carbocycles. The van der Waals surface area contributed by atoms with Crippen molar-refractivity contribution in [2.45, 2.75) is 12.7 Å². The van der Waals surface area contributed by atoms with Crippen molar-refractivity contribution in [3.05, 3.63) is 33.8 Å². The van der Waals surface area contributed by atoms with E-state index in [1.807, 2.05) is 0 Å². The Bertz CT molecular complexity index is 379. The zero-order valence-electron chi connectivity index (χ0n) is 9.39. The number of hydrogen-bond acceptors (Lipinski definition) is 2. The normalized spacial score (nSPS) is 12.2. The van der Waals surface area contributed by atoms with E-state index < -0.39 is 11.7 Å². The first-order chi connectivity index (χ1) is 7.84. The minimum Gasteiger partial charge on any atom is -0.329 e. The quantitative estimate of drug-likeness (QED) is 0.926. The van der Waals surface area contributed by atoms with Gasteiger partial charge in [-0.05, 0) is 24.7 Å². The molecule has 1 rings (SSSR count). The van der Waals surface area contributed by atoms with Crippen LogP contribution >= 0.6 is 15.9 Å². The number of rotatable bonds is 4. The van der Waals surface area contributed by atoms with Gasteiger partial charge in [0.15, 0.2) is 0 Å². The van der Waals surface area contributed by atoms with E-state index in [0.29, 0.717) is 17.6 Å². The number of hydrogen-bond donors (Lipinski definition) is 1. The Labute approximate surface area is 107 Å². The van der Waals surface area contributed by atoms with Crippen molar-refractivity contribution in [2.75, 3.05) is 20.1 Å². The van der Waals surface area contributed by atoms with Crippen LogP contribution in [0, 0.1) is 0 Å². The van der Waals surface area contributed by atoms with Crippen LogP contribution in [0.5, 0.6) is 0 Å². The van der Waals surface area contributed by atoms with Gasteiger partial charge in [0.05, 0.1) is 5.56 Å². The highest BCUT2D eigenvalue weighted by Crippen LogP contribution is 2.34. The molecule has 0 saturated heterocycles. The van der Waals surface area contributed by atoms with E-state index in [1.54, 1.807) is 18.0 Å². The number of halogens is 4. The van der Waals surface area contributed by atoms with Gasteiger partial charge in [-0.2, -0.15) is 13.2 Å². The van der Waals surface area contributed by atoms with Crippen LogP contribution in [0.3, 0.4) is 0 Å². The van der Waals surface area contributed by atoms with Crippen molar-refractivity contribution in [1.29, 1.82) is 0 Å². The lowest BCUT2D eigenvalue weighted by Crippen LogP contribution is -2.26. The van der Waals surface area contributed by atoms with Crippen LogP contribution in [0.4, 0.5) is 13.2 Å². The molecule has 0 aliphatic heterocycles. The lowest BCUT2D eigenvalue weighted by atomic mass is 10.1. The number of benzene rings is 1. The first-order valence-electron chi connectivity index (χ1n) is 5.09. The van der Waals surface area contributed by atoms with Crippen molar-refractivity contribution >= 4 is 15.9 Å². The zero-order chi connectivity index (χ0) is 13.1. The van der Waals surface area contributed by atoms with E-state index >= 15 is 0 Å². The predicted octanol–water partition coefficient (Wildman–Crippen LogP) is 2.86. The van der Waals surface area contributed by atoms with Crippen LogP contribution in [-0.2, 0) is 12.7 Å². The van der Waals surface area contributed by atoms with Gasteiger partial charge in [0.1, 0.15) is 0 Å². The Balaban J connectivity index is 2.99. The highest BCUT2D eigenvalue weighted by atomic mass is 79.9. The molecule has 1 aromatic rings. The largest absolute Gasteiger partial charge is 0.416 e. The van der Waals surface area contributed by atoms with E-state index in [-0.39, 0.29) is 12.1 Å². The maximum absolute atomic E-state index is 12.8. The molecule has 0 fully saturated rings. The van der Waals surface area contributed by atoms with Crippen molar-refractivity contribution in [1.82, 2.24) is 4.90 Å². The minimum atomic E-state index is -4.33. The Hall–Kier alpha value is -0.590. The molecule has 0 amide bonds. The van der Waals surface area contributed by atoms with Crippen molar-refractivity contribution in [3.63, 3.8) is 0 Å². The fourth-order valence-electron chi connectivity index (χ4n) is 1.54. The van der Waals surface area contributed by atoms with Crippen molar-refractivity contribution < 1.29 is 13.2 Å². The lowest BCUT2D eigenvalue weighted by molar-refractivity contribution is -0.138. The molecular weight excluding hydrogens is 297 g/mol. The molecule has 0 spiro atoms. The summed E-state index contributed by atoms with van der Waals surface area (Å²) in [4.78, 5) is 1.76.